The Morgan fingerprint density at radius 1 is 0.818 bits per heavy atom. The first-order chi connectivity index (χ1) is 16.1. The van der Waals surface area contributed by atoms with E-state index < -0.39 is 6.17 Å². The molecule has 2 aliphatic rings. The molecule has 1 aromatic carbocycles. The maximum atomic E-state index is 13.3. The highest BCUT2D eigenvalue weighted by Crippen LogP contribution is 2.33. The second kappa shape index (κ2) is 8.68. The Morgan fingerprint density at radius 2 is 1.42 bits per heavy atom. The lowest BCUT2D eigenvalue weighted by molar-refractivity contribution is -0.114. The van der Waals surface area contributed by atoms with E-state index in [2.05, 4.69) is 20.4 Å². The Morgan fingerprint density at radius 3 is 2.03 bits per heavy atom. The molecule has 1 fully saturated rings. The van der Waals surface area contributed by atoms with Crippen molar-refractivity contribution in [2.24, 2.45) is 4.99 Å². The molecule has 2 aromatic heterocycles. The van der Waals surface area contributed by atoms with Crippen LogP contribution in [0.15, 0.2) is 95.3 Å². The fraction of sp³-hybridized carbons (Fsp3) is 0.120. The summed E-state index contributed by atoms with van der Waals surface area (Å²) in [5.74, 6) is -0.771. The number of rotatable bonds is 7. The van der Waals surface area contributed by atoms with Crippen molar-refractivity contribution in [3.63, 3.8) is 0 Å². The molecule has 162 valence electrons. The lowest BCUT2D eigenvalue weighted by atomic mass is 9.94. The average molecular weight is 437 g/mol. The van der Waals surface area contributed by atoms with Gasteiger partial charge in [0.2, 0.25) is 0 Å². The zero-order valence-electron chi connectivity index (χ0n) is 17.5. The maximum absolute atomic E-state index is 13.3. The van der Waals surface area contributed by atoms with Gasteiger partial charge in [-0.05, 0) is 42.0 Å². The molecule has 0 radical (unpaired) electrons. The van der Waals surface area contributed by atoms with Crippen LogP contribution in [0.25, 0.3) is 0 Å². The molecular formula is C25H19N5O3. The third-order valence-electron chi connectivity index (χ3n) is 5.50. The number of hydrogen-bond acceptors (Lipinski definition) is 7. The summed E-state index contributed by atoms with van der Waals surface area (Å²) < 4.78 is 0. The number of ketones is 2. The number of fused-ring (bicyclic) bond motifs is 1. The standard InChI is InChI=1S/C25H19N5O3/c31-21(18-10-4-6-12-26-18)14-17-20(15-22(32)19-11-5-7-13-27-19)28-24-23(17)25(33)30(29-24)16-8-2-1-3-9-16/h1-13,24,29H,14-15H2/t24-/m0/s1. The highest BCUT2D eigenvalue weighted by Gasteiger charge is 2.43. The minimum Gasteiger partial charge on any atom is -0.292 e. The number of allylic oxidation sites excluding steroid dienone is 1. The van der Waals surface area contributed by atoms with E-state index in [4.69, 9.17) is 0 Å². The van der Waals surface area contributed by atoms with Crippen LogP contribution in [0.1, 0.15) is 33.8 Å². The molecule has 8 nitrogen and oxygen atoms in total. The number of nitrogens with zero attached hydrogens (tertiary/aromatic N) is 4. The summed E-state index contributed by atoms with van der Waals surface area (Å²) >= 11 is 0. The fourth-order valence-electron chi connectivity index (χ4n) is 3.93. The molecule has 1 saturated heterocycles. The monoisotopic (exact) mass is 437 g/mol. The molecule has 3 aromatic rings. The molecule has 0 aliphatic carbocycles. The summed E-state index contributed by atoms with van der Waals surface area (Å²) in [6.45, 7) is 0. The number of carbonyl (C=O) groups excluding carboxylic acids is 3. The molecule has 33 heavy (non-hydrogen) atoms. The number of para-hydroxylation sites is 1. The Labute approximate surface area is 189 Å². The van der Waals surface area contributed by atoms with Gasteiger partial charge in [-0.15, -0.1) is 0 Å². The molecule has 1 amide bonds. The van der Waals surface area contributed by atoms with E-state index in [9.17, 15) is 14.4 Å². The maximum Gasteiger partial charge on any atom is 0.272 e. The quantitative estimate of drug-likeness (QED) is 0.570. The molecule has 2 aliphatic heterocycles. The minimum atomic E-state index is -0.657. The largest absolute Gasteiger partial charge is 0.292 e. The predicted octanol–water partition coefficient (Wildman–Crippen LogP) is 2.95. The zero-order chi connectivity index (χ0) is 22.8. The van der Waals surface area contributed by atoms with Gasteiger partial charge in [0.25, 0.3) is 5.91 Å². The summed E-state index contributed by atoms with van der Waals surface area (Å²) in [6, 6.07) is 19.3. The van der Waals surface area contributed by atoms with Gasteiger partial charge >= 0.3 is 0 Å². The zero-order valence-corrected chi connectivity index (χ0v) is 17.5. The lowest BCUT2D eigenvalue weighted by Gasteiger charge is -2.17. The van der Waals surface area contributed by atoms with E-state index >= 15 is 0 Å². The number of benzene rings is 1. The van der Waals surface area contributed by atoms with Crippen LogP contribution in [0.5, 0.6) is 0 Å². The number of aromatic nitrogens is 2. The van der Waals surface area contributed by atoms with Crippen LogP contribution in [0.4, 0.5) is 5.69 Å². The van der Waals surface area contributed by atoms with Crippen molar-refractivity contribution in [2.75, 3.05) is 5.01 Å². The molecule has 0 bridgehead atoms. The first kappa shape index (κ1) is 20.6. The van der Waals surface area contributed by atoms with Crippen LogP contribution < -0.4 is 10.4 Å². The third kappa shape index (κ3) is 3.99. The number of Topliss-reactive ketones (excluding diaryl/α,β-unsaturated/α-hetero) is 2. The summed E-state index contributed by atoms with van der Waals surface area (Å²) in [6.07, 6.45) is 2.30. The van der Waals surface area contributed by atoms with Crippen LogP contribution in [0, 0.1) is 0 Å². The van der Waals surface area contributed by atoms with Gasteiger partial charge in [-0.25, -0.2) is 5.01 Å². The highest BCUT2D eigenvalue weighted by molar-refractivity contribution is 6.24. The Balaban J connectivity index is 1.48. The first-order valence-electron chi connectivity index (χ1n) is 10.5. The van der Waals surface area contributed by atoms with Crippen molar-refractivity contribution in [2.45, 2.75) is 19.0 Å². The van der Waals surface area contributed by atoms with Gasteiger partial charge in [0.1, 0.15) is 17.6 Å². The van der Waals surface area contributed by atoms with Gasteiger partial charge in [0, 0.05) is 24.5 Å². The number of amides is 1. The minimum absolute atomic E-state index is 0.0534. The van der Waals surface area contributed by atoms with Crippen molar-refractivity contribution < 1.29 is 14.4 Å². The smallest absolute Gasteiger partial charge is 0.272 e. The van der Waals surface area contributed by atoms with E-state index in [0.717, 1.165) is 0 Å². The molecule has 1 N–H and O–H groups in total. The Hall–Kier alpha value is -4.30. The summed E-state index contributed by atoms with van der Waals surface area (Å²) in [5.41, 5.74) is 5.63. The van der Waals surface area contributed by atoms with Crippen LogP contribution >= 0.6 is 0 Å². The number of aliphatic imine (C=N–C) groups is 1. The van der Waals surface area contributed by atoms with E-state index in [1.807, 2.05) is 18.2 Å². The molecule has 0 spiro atoms. The Kier molecular flexibility index (Phi) is 5.42. The van der Waals surface area contributed by atoms with Crippen LogP contribution in [0.2, 0.25) is 0 Å². The van der Waals surface area contributed by atoms with Crippen molar-refractivity contribution >= 4 is 28.9 Å². The molecule has 1 atom stereocenters. The van der Waals surface area contributed by atoms with Crippen molar-refractivity contribution in [1.82, 2.24) is 15.4 Å². The number of nitrogens with one attached hydrogen (secondary N) is 1. The normalized spacial score (nSPS) is 17.2. The van der Waals surface area contributed by atoms with E-state index in [1.165, 1.54) is 5.01 Å². The van der Waals surface area contributed by atoms with Gasteiger partial charge < -0.3 is 0 Å². The molecule has 0 unspecified atom stereocenters. The van der Waals surface area contributed by atoms with Gasteiger partial charge in [0.15, 0.2) is 11.6 Å². The van der Waals surface area contributed by atoms with Crippen molar-refractivity contribution in [3.05, 3.63) is 102 Å². The average Bonchev–Trinajstić information content (AvgIpc) is 3.36. The summed E-state index contributed by atoms with van der Waals surface area (Å²) in [5, 5.41) is 1.42. The molecule has 0 saturated carbocycles. The van der Waals surface area contributed by atoms with Crippen molar-refractivity contribution in [3.8, 4) is 0 Å². The fourth-order valence-corrected chi connectivity index (χ4v) is 3.93. The van der Waals surface area contributed by atoms with E-state index in [-0.39, 0.29) is 30.3 Å². The molecule has 5 rings (SSSR count). The van der Waals surface area contributed by atoms with E-state index in [0.29, 0.717) is 33.9 Å². The lowest BCUT2D eigenvalue weighted by Crippen LogP contribution is -2.37. The number of anilines is 1. The van der Waals surface area contributed by atoms with Crippen LogP contribution in [0.3, 0.4) is 0 Å². The van der Waals surface area contributed by atoms with Gasteiger partial charge in [0.05, 0.1) is 17.7 Å². The molecule has 4 heterocycles. The number of pyridine rings is 2. The van der Waals surface area contributed by atoms with Gasteiger partial charge in [-0.2, -0.15) is 5.43 Å². The van der Waals surface area contributed by atoms with Crippen molar-refractivity contribution in [1.29, 1.82) is 0 Å². The Bertz CT molecular complexity index is 1290. The number of hydrogen-bond donors (Lipinski definition) is 1. The summed E-state index contributed by atoms with van der Waals surface area (Å²) in [7, 11) is 0. The first-order valence-corrected chi connectivity index (χ1v) is 10.5. The second-order valence-electron chi connectivity index (χ2n) is 7.61. The number of hydrazine groups is 1. The number of carbonyl (C=O) groups is 3. The van der Waals surface area contributed by atoms with Gasteiger partial charge in [-0.3, -0.25) is 29.3 Å². The highest BCUT2D eigenvalue weighted by atomic mass is 16.2. The molecule has 8 heteroatoms. The SMILES string of the molecule is O=C(CC1=N[C@H]2NN(c3ccccc3)C(=O)C2=C1CC(=O)c1ccccn1)c1ccccn1. The third-order valence-corrected chi connectivity index (χ3v) is 5.50. The second-order valence-corrected chi connectivity index (χ2v) is 7.61. The van der Waals surface area contributed by atoms with E-state index in [1.54, 1.807) is 60.9 Å². The van der Waals surface area contributed by atoms with Crippen LogP contribution in [-0.2, 0) is 4.79 Å². The molecular weight excluding hydrogens is 418 g/mol. The van der Waals surface area contributed by atoms with Gasteiger partial charge in [-0.1, -0.05) is 30.3 Å². The predicted molar refractivity (Wildman–Crippen MR) is 122 cm³/mol. The van der Waals surface area contributed by atoms with Crippen LogP contribution in [-0.4, -0.2) is 39.3 Å². The summed E-state index contributed by atoms with van der Waals surface area (Å²) in [4.78, 5) is 51.9. The topological polar surface area (TPSA) is 105 Å².